The summed E-state index contributed by atoms with van der Waals surface area (Å²) in [5.74, 6) is -2.11. The van der Waals surface area contributed by atoms with Gasteiger partial charge in [-0.25, -0.2) is 9.88 Å². The molecule has 1 fully saturated rings. The summed E-state index contributed by atoms with van der Waals surface area (Å²) in [7, 11) is 0. The van der Waals surface area contributed by atoms with Gasteiger partial charge in [0, 0.05) is 44.5 Å². The van der Waals surface area contributed by atoms with E-state index in [1.54, 1.807) is 42.5 Å². The van der Waals surface area contributed by atoms with Crippen LogP contribution >= 0.6 is 0 Å². The molecule has 1 aliphatic heterocycles. The third kappa shape index (κ3) is 5.48. The molecule has 0 unspecified atom stereocenters. The van der Waals surface area contributed by atoms with Crippen molar-refractivity contribution in [2.24, 2.45) is 0 Å². The normalized spacial score (nSPS) is 16.6. The summed E-state index contributed by atoms with van der Waals surface area (Å²) in [6.45, 7) is 8.31. The maximum Gasteiger partial charge on any atom is 0.265 e. The van der Waals surface area contributed by atoms with Gasteiger partial charge < -0.3 is 14.5 Å². The summed E-state index contributed by atoms with van der Waals surface area (Å²) in [4.78, 5) is 80.1. The fourth-order valence-electron chi connectivity index (χ4n) is 10.3. The Balaban J connectivity index is 0.962. The van der Waals surface area contributed by atoms with Crippen LogP contribution in [0.25, 0.3) is 32.8 Å². The summed E-state index contributed by atoms with van der Waals surface area (Å²) >= 11 is 0. The minimum Gasteiger partial charge on any atom is -0.490 e. The Labute approximate surface area is 355 Å². The van der Waals surface area contributed by atoms with Gasteiger partial charge in [0.15, 0.2) is 11.6 Å². The lowest BCUT2D eigenvalue weighted by atomic mass is 9.76. The number of amides is 2. The maximum atomic E-state index is 14.8. The van der Waals surface area contributed by atoms with Gasteiger partial charge in [0.1, 0.15) is 35.6 Å². The molecule has 304 valence electrons. The van der Waals surface area contributed by atoms with Gasteiger partial charge in [0.25, 0.3) is 17.4 Å². The number of nitrogens with one attached hydrogen (secondary N) is 1. The van der Waals surface area contributed by atoms with E-state index < -0.39 is 34.9 Å². The number of nitrogens with zero attached hydrogens (tertiary/aromatic N) is 2. The minimum absolute atomic E-state index is 0.0927. The second-order valence-electron chi connectivity index (χ2n) is 17.1. The van der Waals surface area contributed by atoms with Crippen LogP contribution in [0.4, 0.5) is 5.69 Å². The van der Waals surface area contributed by atoms with Crippen molar-refractivity contribution in [2.45, 2.75) is 56.8 Å². The number of aromatic amines is 1. The topological polar surface area (TPSA) is 136 Å². The number of imide groups is 1. The number of aromatic nitrogens is 2. The first kappa shape index (κ1) is 37.5. The van der Waals surface area contributed by atoms with Crippen molar-refractivity contribution in [3.63, 3.8) is 0 Å². The van der Waals surface area contributed by atoms with Crippen molar-refractivity contribution in [3.05, 3.63) is 171 Å². The van der Waals surface area contributed by atoms with E-state index in [0.29, 0.717) is 22.9 Å². The third-order valence-corrected chi connectivity index (χ3v) is 13.2. The van der Waals surface area contributed by atoms with E-state index in [9.17, 15) is 24.0 Å². The van der Waals surface area contributed by atoms with Crippen molar-refractivity contribution in [1.29, 1.82) is 0 Å². The van der Waals surface area contributed by atoms with Crippen LogP contribution in [-0.2, 0) is 5.41 Å². The van der Waals surface area contributed by atoms with Gasteiger partial charge in [0.05, 0.1) is 16.6 Å². The molecular weight excluding hydrogens is 779 g/mol. The molecule has 0 spiro atoms. The van der Waals surface area contributed by atoms with Gasteiger partial charge in [-0.1, -0.05) is 75.7 Å². The van der Waals surface area contributed by atoms with Gasteiger partial charge in [0.2, 0.25) is 0 Å². The molecule has 1 N–H and O–H groups in total. The lowest BCUT2D eigenvalue weighted by Gasteiger charge is -2.32. The van der Waals surface area contributed by atoms with Crippen LogP contribution < -0.4 is 19.9 Å². The fourth-order valence-corrected chi connectivity index (χ4v) is 10.3. The second-order valence-corrected chi connectivity index (χ2v) is 17.1. The van der Waals surface area contributed by atoms with Gasteiger partial charge in [-0.05, 0) is 107 Å². The van der Waals surface area contributed by atoms with Crippen LogP contribution in [0, 0.1) is 0 Å². The van der Waals surface area contributed by atoms with Crippen LogP contribution in [0.3, 0.4) is 0 Å². The number of Topliss-reactive ketones (excluding diaryl/α,β-unsaturated/α-hetero) is 2. The van der Waals surface area contributed by atoms with Crippen LogP contribution in [-0.4, -0.2) is 40.0 Å². The van der Waals surface area contributed by atoms with Gasteiger partial charge in [-0.3, -0.25) is 24.0 Å². The average molecular weight is 818 g/mol. The number of rotatable bonds is 8. The van der Waals surface area contributed by atoms with Crippen molar-refractivity contribution in [1.82, 2.24) is 9.97 Å². The molecule has 0 radical (unpaired) electrons. The molecule has 4 aliphatic rings. The molecule has 10 heteroatoms. The molecule has 1 saturated carbocycles. The smallest absolute Gasteiger partial charge is 0.265 e. The van der Waals surface area contributed by atoms with Crippen molar-refractivity contribution in [3.8, 4) is 28.4 Å². The Morgan fingerprint density at radius 1 is 0.710 bits per heavy atom. The SMILES string of the molecule is C=CCOc1ccc2nc(C3C(=O)c4ccc5c6c(ccc(c46)C3=O)C(=O)N(c3cc(Oc4ccc6c(c4)C(C)(C)c4ccccc4-6)ccc3C3CCCC3)C5=O)[nH]c(=O)c2c1. The Kier molecular flexibility index (Phi) is 8.35. The van der Waals surface area contributed by atoms with E-state index in [1.165, 1.54) is 33.7 Å². The zero-order chi connectivity index (χ0) is 42.6. The molecule has 62 heavy (non-hydrogen) atoms. The largest absolute Gasteiger partial charge is 0.490 e. The predicted octanol–water partition coefficient (Wildman–Crippen LogP) is 10.4. The molecule has 2 amide bonds. The number of benzene rings is 6. The number of ketones is 2. The first-order chi connectivity index (χ1) is 30.0. The van der Waals surface area contributed by atoms with E-state index >= 15 is 0 Å². The standard InChI is InChI=1S/C52H39N3O7/c1-4-23-61-28-15-22-41-38(24-28)49(58)54-48(53-41)45-46(56)34-18-20-36-44-37(21-19-35(43(34)44)47(45)57)51(60)55(50(36)59)42-26-30(13-16-31(42)27-9-5-6-10-27)62-29-14-17-33-32-11-7-8-12-39(32)52(2,3)40(33)25-29/h4,7-8,11-22,24-27,45H,1,5-6,9-10,23H2,2-3H3,(H,53,54,58). The number of anilines is 1. The van der Waals surface area contributed by atoms with Crippen molar-refractivity contribution >= 4 is 50.7 Å². The van der Waals surface area contributed by atoms with Gasteiger partial charge in [-0.2, -0.15) is 0 Å². The Bertz CT molecular complexity index is 3170. The number of hydrogen-bond acceptors (Lipinski definition) is 8. The molecule has 1 aromatic heterocycles. The lowest BCUT2D eigenvalue weighted by molar-refractivity contribution is 0.0842. The van der Waals surface area contributed by atoms with E-state index in [-0.39, 0.29) is 67.7 Å². The summed E-state index contributed by atoms with van der Waals surface area (Å²) in [6, 6.07) is 31.2. The van der Waals surface area contributed by atoms with Crippen LogP contribution in [0.5, 0.6) is 17.2 Å². The Morgan fingerprint density at radius 3 is 2.05 bits per heavy atom. The lowest BCUT2D eigenvalue weighted by Crippen LogP contribution is -2.42. The van der Waals surface area contributed by atoms with E-state index in [4.69, 9.17) is 9.47 Å². The highest BCUT2D eigenvalue weighted by Crippen LogP contribution is 2.50. The van der Waals surface area contributed by atoms with Crippen molar-refractivity contribution < 1.29 is 28.7 Å². The number of ether oxygens (including phenoxy) is 2. The molecule has 3 aliphatic carbocycles. The molecule has 10 nitrogen and oxygen atoms in total. The zero-order valence-electron chi connectivity index (χ0n) is 34.0. The molecule has 2 heterocycles. The molecule has 0 bridgehead atoms. The Morgan fingerprint density at radius 2 is 1.32 bits per heavy atom. The first-order valence-electron chi connectivity index (χ1n) is 20.9. The van der Waals surface area contributed by atoms with Crippen LogP contribution in [0.1, 0.15) is 115 Å². The second kappa shape index (κ2) is 13.8. The number of H-pyrrole nitrogens is 1. The number of carbonyl (C=O) groups excluding carboxylic acids is 4. The minimum atomic E-state index is -1.44. The summed E-state index contributed by atoms with van der Waals surface area (Å²) in [5.41, 5.74) is 6.41. The molecule has 7 aromatic rings. The monoisotopic (exact) mass is 817 g/mol. The van der Waals surface area contributed by atoms with Crippen LogP contribution in [0.15, 0.2) is 121 Å². The summed E-state index contributed by atoms with van der Waals surface area (Å²) < 4.78 is 12.1. The first-order valence-corrected chi connectivity index (χ1v) is 20.9. The predicted molar refractivity (Wildman–Crippen MR) is 236 cm³/mol. The van der Waals surface area contributed by atoms with E-state index in [0.717, 1.165) is 36.8 Å². The molecule has 11 rings (SSSR count). The summed E-state index contributed by atoms with van der Waals surface area (Å²) in [5, 5.41) is 0.739. The molecule has 0 saturated heterocycles. The highest BCUT2D eigenvalue weighted by Gasteiger charge is 2.44. The zero-order valence-corrected chi connectivity index (χ0v) is 34.0. The van der Waals surface area contributed by atoms with Gasteiger partial charge >= 0.3 is 0 Å². The highest BCUT2D eigenvalue weighted by molar-refractivity contribution is 6.40. The number of fused-ring (bicyclic) bond motifs is 4. The number of hydrogen-bond donors (Lipinski definition) is 1. The Hall–Kier alpha value is -7.46. The van der Waals surface area contributed by atoms with Crippen molar-refractivity contribution in [2.75, 3.05) is 11.5 Å². The highest BCUT2D eigenvalue weighted by atomic mass is 16.5. The quantitative estimate of drug-likeness (QED) is 0.0910. The van der Waals surface area contributed by atoms with E-state index in [1.807, 2.05) is 18.2 Å². The fraction of sp³-hybridized carbons (Fsp3) is 0.192. The van der Waals surface area contributed by atoms with Crippen LogP contribution in [0.2, 0.25) is 0 Å². The molecule has 6 aromatic carbocycles. The van der Waals surface area contributed by atoms with Gasteiger partial charge in [-0.15, -0.1) is 0 Å². The molecule has 0 atom stereocenters. The molecular formula is C52H39N3O7. The third-order valence-electron chi connectivity index (χ3n) is 13.2. The number of carbonyl (C=O) groups is 4. The summed E-state index contributed by atoms with van der Waals surface area (Å²) in [6.07, 6.45) is 5.53. The maximum absolute atomic E-state index is 14.8. The average Bonchev–Trinajstić information content (AvgIpc) is 3.89. The van der Waals surface area contributed by atoms with E-state index in [2.05, 4.69) is 66.8 Å².